The monoisotopic (exact) mass is 772 g/mol. The molecule has 14 nitrogen and oxygen atoms in total. The van der Waals surface area contributed by atoms with Gasteiger partial charge in [-0.15, -0.1) is 0 Å². The van der Waals surface area contributed by atoms with E-state index in [0.29, 0.717) is 0 Å². The number of carbonyl (C=O) groups is 6. The fourth-order valence-corrected chi connectivity index (χ4v) is 9.12. The molecule has 0 amide bonds. The molecule has 5 aliphatic rings. The minimum atomic E-state index is -2.63. The summed E-state index contributed by atoms with van der Waals surface area (Å²) < 4.78 is 38.9. The number of ether oxygens (including phenoxy) is 7. The summed E-state index contributed by atoms with van der Waals surface area (Å²) in [5.74, 6) is -8.35. The molecule has 2 bridgehead atoms. The third kappa shape index (κ3) is 5.34. The van der Waals surface area contributed by atoms with E-state index in [9.17, 15) is 29.1 Å². The average molecular weight is 774 g/mol. The number of benzene rings is 1. The zero-order chi connectivity index (χ0) is 37.6. The number of halogens is 3. The Bertz CT molecular complexity index is 1740. The molecule has 10 atom stereocenters. The van der Waals surface area contributed by atoms with Crippen molar-refractivity contribution >= 4 is 70.6 Å². The van der Waals surface area contributed by atoms with Crippen molar-refractivity contribution in [2.75, 3.05) is 6.61 Å². The Hall–Kier alpha value is -3.43. The molecule has 3 aliphatic carbocycles. The van der Waals surface area contributed by atoms with Crippen LogP contribution in [0.15, 0.2) is 41.7 Å². The van der Waals surface area contributed by atoms with E-state index in [1.54, 1.807) is 32.0 Å². The molecule has 4 fully saturated rings. The van der Waals surface area contributed by atoms with Crippen LogP contribution in [0.5, 0.6) is 0 Å². The fourth-order valence-electron chi connectivity index (χ4n) is 8.99. The number of fused-ring (bicyclic) bond motifs is 4. The Morgan fingerprint density at radius 2 is 1.63 bits per heavy atom. The zero-order valence-corrected chi connectivity index (χ0v) is 30.5. The molecule has 276 valence electrons. The minimum absolute atomic E-state index is 0.00478. The molecule has 2 saturated heterocycles. The van der Waals surface area contributed by atoms with Gasteiger partial charge in [0.05, 0.1) is 23.5 Å². The van der Waals surface area contributed by atoms with E-state index >= 15 is 4.79 Å². The van der Waals surface area contributed by atoms with Gasteiger partial charge in [-0.3, -0.25) is 14.4 Å². The number of rotatable bonds is 5. The van der Waals surface area contributed by atoms with E-state index in [1.165, 1.54) is 26.0 Å². The van der Waals surface area contributed by atoms with Crippen molar-refractivity contribution in [2.45, 2.75) is 93.5 Å². The van der Waals surface area contributed by atoms with E-state index in [4.69, 9.17) is 68.0 Å². The van der Waals surface area contributed by atoms with E-state index in [0.717, 1.165) is 13.8 Å². The van der Waals surface area contributed by atoms with Crippen LogP contribution in [0.25, 0.3) is 0 Å². The molecule has 6 rings (SSSR count). The maximum absolute atomic E-state index is 15.5. The van der Waals surface area contributed by atoms with Crippen molar-refractivity contribution in [1.82, 2.24) is 0 Å². The number of hydrogen-bond donors (Lipinski definition) is 1. The van der Waals surface area contributed by atoms with Crippen LogP contribution in [0.4, 0.5) is 4.79 Å². The lowest BCUT2D eigenvalue weighted by atomic mass is 9.44. The molecular weight excluding hydrogens is 739 g/mol. The van der Waals surface area contributed by atoms with Gasteiger partial charge in [-0.25, -0.2) is 14.4 Å². The van der Waals surface area contributed by atoms with Gasteiger partial charge < -0.3 is 38.3 Å². The third-order valence-electron chi connectivity index (χ3n) is 11.1. The van der Waals surface area contributed by atoms with Gasteiger partial charge >= 0.3 is 30.0 Å². The first-order valence-electron chi connectivity index (χ1n) is 16.0. The Kier molecular flexibility index (Phi) is 9.02. The second kappa shape index (κ2) is 12.3. The number of aliphatic hydroxyl groups is 1. The standard InChI is InChI=1S/C34H35Cl3O14/c1-14-20-22(46-15(2)38)24(41)31(6)18(47-28(43)34(35,36)37)12-19-32(13-45-19,50-16(3)39)23(31)26(48-27(42)17-10-8-7-9-11-17)33(30(20,4)5)25(21(14)40)49-29(44)51-33/h7-11,14,18-19,21,23,25-26,40H,12-13H2,1-6H3/t14?,18-,19+,21+,23-,25-,26-,31+,32-,33+/m0/s1. The highest BCUT2D eigenvalue weighted by atomic mass is 35.6. The molecule has 1 aromatic rings. The van der Waals surface area contributed by atoms with Crippen LogP contribution in [-0.2, 0) is 52.3 Å². The summed E-state index contributed by atoms with van der Waals surface area (Å²) in [5, 5.41) is 11.9. The molecule has 1 unspecified atom stereocenters. The second-order valence-electron chi connectivity index (χ2n) is 14.2. The molecule has 1 aromatic carbocycles. The first-order chi connectivity index (χ1) is 23.6. The SMILES string of the molecule is CC(=O)OC1=C2C(C)[C@@H](O)[C@@H]3OC(=O)O[C@]3([C@@H](OC(=O)c3ccccc3)[C@@H]3[C@]4(OC(C)=O)CO[C@@H]4C[C@H](OC(=O)C(Cl)(Cl)Cl)[C@@]3(C)C1=O)C2(C)C. The van der Waals surface area contributed by atoms with Gasteiger partial charge in [0.25, 0.3) is 3.79 Å². The molecule has 51 heavy (non-hydrogen) atoms. The number of hydrogen-bond acceptors (Lipinski definition) is 14. The molecule has 0 radical (unpaired) electrons. The summed E-state index contributed by atoms with van der Waals surface area (Å²) in [6.45, 7) is 7.77. The summed E-state index contributed by atoms with van der Waals surface area (Å²) in [7, 11) is 0. The quantitative estimate of drug-likeness (QED) is 0.258. The van der Waals surface area contributed by atoms with Crippen LogP contribution < -0.4 is 0 Å². The molecule has 2 aliphatic heterocycles. The number of alkyl halides is 3. The summed E-state index contributed by atoms with van der Waals surface area (Å²) >= 11 is 17.7. The van der Waals surface area contributed by atoms with Crippen molar-refractivity contribution in [1.29, 1.82) is 0 Å². The van der Waals surface area contributed by atoms with Crippen molar-refractivity contribution in [3.05, 3.63) is 47.2 Å². The Balaban J connectivity index is 1.75. The number of aliphatic hydroxyl groups excluding tert-OH is 1. The summed E-state index contributed by atoms with van der Waals surface area (Å²) in [5.41, 5.74) is -7.89. The fraction of sp³-hybridized carbons (Fsp3) is 0.588. The molecule has 2 saturated carbocycles. The number of ketones is 1. The smallest absolute Gasteiger partial charge is 0.458 e. The van der Waals surface area contributed by atoms with Gasteiger partial charge in [-0.2, -0.15) is 0 Å². The Morgan fingerprint density at radius 1 is 0.980 bits per heavy atom. The van der Waals surface area contributed by atoms with Crippen LogP contribution in [0.2, 0.25) is 0 Å². The molecule has 2 heterocycles. The molecule has 1 spiro atoms. The van der Waals surface area contributed by atoms with E-state index in [1.807, 2.05) is 0 Å². The lowest BCUT2D eigenvalue weighted by Gasteiger charge is -2.67. The van der Waals surface area contributed by atoms with Gasteiger partial charge in [0.1, 0.15) is 18.3 Å². The largest absolute Gasteiger partial charge is 0.509 e. The van der Waals surface area contributed by atoms with E-state index < -0.39 is 110 Å². The van der Waals surface area contributed by atoms with Crippen LogP contribution in [0.1, 0.15) is 58.3 Å². The van der Waals surface area contributed by atoms with E-state index in [-0.39, 0.29) is 24.2 Å². The summed E-state index contributed by atoms with van der Waals surface area (Å²) in [6.07, 6.45) is -9.37. The molecule has 17 heteroatoms. The molecular formula is C34H35Cl3O14. The highest BCUT2D eigenvalue weighted by molar-refractivity contribution is 6.75. The predicted octanol–water partition coefficient (Wildman–Crippen LogP) is 3.93. The zero-order valence-electron chi connectivity index (χ0n) is 28.2. The summed E-state index contributed by atoms with van der Waals surface area (Å²) in [6, 6.07) is 7.73. The first kappa shape index (κ1) is 37.3. The highest BCUT2D eigenvalue weighted by Crippen LogP contribution is 2.67. The van der Waals surface area contributed by atoms with Crippen LogP contribution >= 0.6 is 34.8 Å². The summed E-state index contributed by atoms with van der Waals surface area (Å²) in [4.78, 5) is 82.0. The number of allylic oxidation sites excluding steroid dienone is 1. The minimum Gasteiger partial charge on any atom is -0.458 e. The lowest BCUT2D eigenvalue weighted by molar-refractivity contribution is -0.345. The third-order valence-corrected chi connectivity index (χ3v) is 11.6. The van der Waals surface area contributed by atoms with Gasteiger partial charge in [0.2, 0.25) is 11.4 Å². The normalized spacial score (nSPS) is 37.8. The second-order valence-corrected chi connectivity index (χ2v) is 16.5. The van der Waals surface area contributed by atoms with Crippen LogP contribution in [0.3, 0.4) is 0 Å². The van der Waals surface area contributed by atoms with Gasteiger partial charge in [-0.1, -0.05) is 73.8 Å². The van der Waals surface area contributed by atoms with Gasteiger partial charge in [0.15, 0.2) is 23.6 Å². The molecule has 0 aromatic heterocycles. The lowest BCUT2D eigenvalue weighted by Crippen LogP contribution is -2.83. The predicted molar refractivity (Wildman–Crippen MR) is 173 cm³/mol. The number of esters is 4. The maximum Gasteiger partial charge on any atom is 0.509 e. The van der Waals surface area contributed by atoms with Crippen molar-refractivity contribution < 1.29 is 67.0 Å². The first-order valence-corrected chi connectivity index (χ1v) is 17.2. The molecule has 1 N–H and O–H groups in total. The van der Waals surface area contributed by atoms with Crippen LogP contribution in [-0.4, -0.2) is 93.0 Å². The van der Waals surface area contributed by atoms with Gasteiger partial charge in [0, 0.05) is 31.6 Å². The average Bonchev–Trinajstić information content (AvgIpc) is 3.40. The number of Topliss-reactive ketones (excluding diaryl/α,β-unsaturated/α-hetero) is 1. The maximum atomic E-state index is 15.5. The topological polar surface area (TPSA) is 187 Å². The van der Waals surface area contributed by atoms with Crippen molar-refractivity contribution in [3.63, 3.8) is 0 Å². The highest BCUT2D eigenvalue weighted by Gasteiger charge is 2.83. The van der Waals surface area contributed by atoms with Crippen molar-refractivity contribution in [3.8, 4) is 0 Å². The Labute approximate surface area is 306 Å². The number of carbonyl (C=O) groups excluding carboxylic acids is 6. The van der Waals surface area contributed by atoms with Gasteiger partial charge in [-0.05, 0) is 24.6 Å². The Morgan fingerprint density at radius 3 is 2.18 bits per heavy atom. The van der Waals surface area contributed by atoms with Crippen LogP contribution in [0, 0.1) is 22.7 Å². The van der Waals surface area contributed by atoms with Crippen molar-refractivity contribution in [2.24, 2.45) is 22.7 Å². The van der Waals surface area contributed by atoms with E-state index in [2.05, 4.69) is 0 Å².